The predicted molar refractivity (Wildman–Crippen MR) is 119 cm³/mol. The third kappa shape index (κ3) is 9.21. The van der Waals surface area contributed by atoms with Crippen molar-refractivity contribution < 1.29 is 9.47 Å². The van der Waals surface area contributed by atoms with Crippen LogP contribution in [0.3, 0.4) is 0 Å². The second-order valence-electron chi connectivity index (χ2n) is 5.71. The van der Waals surface area contributed by atoms with Crippen LogP contribution in [0.15, 0.2) is 47.7 Å². The molecule has 0 aliphatic rings. The van der Waals surface area contributed by atoms with Crippen LogP contribution in [0.25, 0.3) is 5.69 Å². The van der Waals surface area contributed by atoms with Gasteiger partial charge in [0.1, 0.15) is 0 Å². The van der Waals surface area contributed by atoms with Crippen LogP contribution in [0.5, 0.6) is 0 Å². The van der Waals surface area contributed by atoms with Gasteiger partial charge in [0.25, 0.3) is 0 Å². The van der Waals surface area contributed by atoms with Crippen molar-refractivity contribution in [1.29, 1.82) is 0 Å². The lowest BCUT2D eigenvalue weighted by Gasteiger charge is -2.11. The molecule has 1 heterocycles. The van der Waals surface area contributed by atoms with Crippen molar-refractivity contribution in [3.8, 4) is 5.69 Å². The van der Waals surface area contributed by atoms with Gasteiger partial charge < -0.3 is 20.1 Å². The van der Waals surface area contributed by atoms with Crippen LogP contribution < -0.4 is 10.6 Å². The Labute approximate surface area is 178 Å². The van der Waals surface area contributed by atoms with Crippen molar-refractivity contribution in [2.24, 2.45) is 4.99 Å². The van der Waals surface area contributed by atoms with Gasteiger partial charge in [0.05, 0.1) is 31.6 Å². The molecule has 0 fully saturated rings. The number of para-hydroxylation sites is 1. The summed E-state index contributed by atoms with van der Waals surface area (Å²) < 4.78 is 12.3. The predicted octanol–water partition coefficient (Wildman–Crippen LogP) is 2.60. The quantitative estimate of drug-likeness (QED) is 0.221. The number of ether oxygens (including phenoxy) is 2. The maximum atomic E-state index is 5.45. The summed E-state index contributed by atoms with van der Waals surface area (Å²) in [5.41, 5.74) is 2.11. The largest absolute Gasteiger partial charge is 0.382 e. The van der Waals surface area contributed by atoms with Crippen molar-refractivity contribution in [2.75, 3.05) is 40.0 Å². The van der Waals surface area contributed by atoms with Crippen LogP contribution >= 0.6 is 24.0 Å². The summed E-state index contributed by atoms with van der Waals surface area (Å²) in [4.78, 5) is 4.62. The molecule has 0 spiro atoms. The minimum Gasteiger partial charge on any atom is -0.382 e. The summed E-state index contributed by atoms with van der Waals surface area (Å²) in [5, 5.41) is 11.0. The molecule has 0 saturated heterocycles. The SMILES string of the molecule is CCNC(=NCc1cnn(-c2ccccc2)c1)NCCCOCCOC.I. The van der Waals surface area contributed by atoms with Crippen molar-refractivity contribution >= 4 is 29.9 Å². The average Bonchev–Trinajstić information content (AvgIpc) is 3.15. The van der Waals surface area contributed by atoms with Gasteiger partial charge in [-0.1, -0.05) is 18.2 Å². The molecule has 7 nitrogen and oxygen atoms in total. The molecular formula is C19H30IN5O2. The zero-order chi connectivity index (χ0) is 18.5. The van der Waals surface area contributed by atoms with E-state index in [1.165, 1.54) is 0 Å². The Bertz CT molecular complexity index is 649. The number of aliphatic imine (C=N–C) groups is 1. The van der Waals surface area contributed by atoms with Crippen LogP contribution in [0, 0.1) is 0 Å². The Kier molecular flexibility index (Phi) is 12.5. The van der Waals surface area contributed by atoms with Gasteiger partial charge in [-0.25, -0.2) is 9.67 Å². The van der Waals surface area contributed by atoms with Gasteiger partial charge in [0.2, 0.25) is 0 Å². The van der Waals surface area contributed by atoms with Gasteiger partial charge in [-0.15, -0.1) is 24.0 Å². The van der Waals surface area contributed by atoms with Gasteiger partial charge in [0.15, 0.2) is 5.96 Å². The van der Waals surface area contributed by atoms with Crippen molar-refractivity contribution in [3.63, 3.8) is 0 Å². The van der Waals surface area contributed by atoms with Gasteiger partial charge in [0, 0.05) is 38.6 Å². The molecule has 0 amide bonds. The molecule has 0 bridgehead atoms. The summed E-state index contributed by atoms with van der Waals surface area (Å²) in [6, 6.07) is 10.1. The van der Waals surface area contributed by atoms with Crippen LogP contribution in [0.2, 0.25) is 0 Å². The third-order valence-electron chi connectivity index (χ3n) is 3.61. The van der Waals surface area contributed by atoms with Crippen molar-refractivity contribution in [2.45, 2.75) is 19.9 Å². The molecule has 8 heteroatoms. The summed E-state index contributed by atoms with van der Waals surface area (Å²) in [5.74, 6) is 0.803. The fourth-order valence-corrected chi connectivity index (χ4v) is 2.30. The number of guanidine groups is 1. The van der Waals surface area contributed by atoms with E-state index in [0.717, 1.165) is 36.7 Å². The van der Waals surface area contributed by atoms with E-state index < -0.39 is 0 Å². The molecule has 1 aromatic carbocycles. The third-order valence-corrected chi connectivity index (χ3v) is 3.61. The second kappa shape index (κ2) is 14.4. The number of hydrogen-bond acceptors (Lipinski definition) is 4. The zero-order valence-corrected chi connectivity index (χ0v) is 18.4. The van der Waals surface area contributed by atoms with E-state index in [1.54, 1.807) is 7.11 Å². The maximum absolute atomic E-state index is 5.45. The van der Waals surface area contributed by atoms with Gasteiger partial charge in [-0.05, 0) is 25.5 Å². The van der Waals surface area contributed by atoms with E-state index in [0.29, 0.717) is 26.4 Å². The molecule has 2 aromatic rings. The highest BCUT2D eigenvalue weighted by atomic mass is 127. The molecule has 0 saturated carbocycles. The average molecular weight is 487 g/mol. The summed E-state index contributed by atoms with van der Waals surface area (Å²) in [6.07, 6.45) is 4.77. The topological polar surface area (TPSA) is 72.7 Å². The Morgan fingerprint density at radius 2 is 1.96 bits per heavy atom. The summed E-state index contributed by atoms with van der Waals surface area (Å²) in [7, 11) is 1.67. The monoisotopic (exact) mass is 487 g/mol. The van der Waals surface area contributed by atoms with E-state index in [9.17, 15) is 0 Å². The minimum absolute atomic E-state index is 0. The number of hydrogen-bond donors (Lipinski definition) is 2. The zero-order valence-electron chi connectivity index (χ0n) is 16.1. The van der Waals surface area contributed by atoms with Crippen LogP contribution in [-0.4, -0.2) is 55.8 Å². The first-order valence-corrected chi connectivity index (χ1v) is 9.01. The molecule has 0 radical (unpaired) electrons. The number of aromatic nitrogens is 2. The fraction of sp³-hybridized carbons (Fsp3) is 0.474. The van der Waals surface area contributed by atoms with E-state index in [4.69, 9.17) is 9.47 Å². The highest BCUT2D eigenvalue weighted by Gasteiger charge is 2.02. The Morgan fingerprint density at radius 3 is 2.70 bits per heavy atom. The molecule has 0 unspecified atom stereocenters. The second-order valence-corrected chi connectivity index (χ2v) is 5.71. The van der Waals surface area contributed by atoms with Gasteiger partial charge in [-0.2, -0.15) is 5.10 Å². The minimum atomic E-state index is 0. The Hall–Kier alpha value is -1.65. The number of methoxy groups -OCH3 is 1. The van der Waals surface area contributed by atoms with E-state index >= 15 is 0 Å². The lowest BCUT2D eigenvalue weighted by atomic mass is 10.3. The molecule has 2 rings (SSSR count). The number of nitrogens with zero attached hydrogens (tertiary/aromatic N) is 3. The molecule has 150 valence electrons. The number of rotatable bonds is 11. The number of benzene rings is 1. The highest BCUT2D eigenvalue weighted by Crippen LogP contribution is 2.08. The van der Waals surface area contributed by atoms with E-state index in [2.05, 4.69) is 27.6 Å². The maximum Gasteiger partial charge on any atom is 0.191 e. The molecule has 27 heavy (non-hydrogen) atoms. The number of halogens is 1. The number of nitrogens with one attached hydrogen (secondary N) is 2. The van der Waals surface area contributed by atoms with Crippen LogP contribution in [0.1, 0.15) is 18.9 Å². The highest BCUT2D eigenvalue weighted by molar-refractivity contribution is 14.0. The molecule has 0 aliphatic carbocycles. The Balaban J connectivity index is 0.00000364. The van der Waals surface area contributed by atoms with E-state index in [1.807, 2.05) is 47.4 Å². The van der Waals surface area contributed by atoms with E-state index in [-0.39, 0.29) is 24.0 Å². The Morgan fingerprint density at radius 1 is 1.15 bits per heavy atom. The van der Waals surface area contributed by atoms with Crippen molar-refractivity contribution in [1.82, 2.24) is 20.4 Å². The fourth-order valence-electron chi connectivity index (χ4n) is 2.30. The standard InChI is InChI=1S/C19H29N5O2.HI/c1-3-20-19(21-10-7-11-26-13-12-25-2)22-14-17-15-23-24(16-17)18-8-5-4-6-9-18;/h4-6,8-9,15-16H,3,7,10-14H2,1-2H3,(H2,20,21,22);1H. The van der Waals surface area contributed by atoms with Crippen LogP contribution in [-0.2, 0) is 16.0 Å². The first kappa shape index (κ1) is 23.4. The van der Waals surface area contributed by atoms with Gasteiger partial charge in [-0.3, -0.25) is 0 Å². The lowest BCUT2D eigenvalue weighted by Crippen LogP contribution is -2.38. The lowest BCUT2D eigenvalue weighted by molar-refractivity contribution is 0.0698. The van der Waals surface area contributed by atoms with Crippen molar-refractivity contribution in [3.05, 3.63) is 48.3 Å². The van der Waals surface area contributed by atoms with Gasteiger partial charge >= 0.3 is 0 Å². The summed E-state index contributed by atoms with van der Waals surface area (Å²) >= 11 is 0. The molecule has 0 atom stereocenters. The molecular weight excluding hydrogens is 457 g/mol. The summed E-state index contributed by atoms with van der Waals surface area (Å²) in [6.45, 7) is 6.23. The molecule has 1 aromatic heterocycles. The normalized spacial score (nSPS) is 11.1. The molecule has 0 aliphatic heterocycles. The first-order valence-electron chi connectivity index (χ1n) is 9.01. The first-order chi connectivity index (χ1) is 12.8. The smallest absolute Gasteiger partial charge is 0.191 e. The van der Waals surface area contributed by atoms with Crippen LogP contribution in [0.4, 0.5) is 0 Å². The molecule has 2 N–H and O–H groups in total.